The van der Waals surface area contributed by atoms with E-state index in [1.807, 2.05) is 13.8 Å². The van der Waals surface area contributed by atoms with Gasteiger partial charge < -0.3 is 14.5 Å². The quantitative estimate of drug-likeness (QED) is 0.684. The summed E-state index contributed by atoms with van der Waals surface area (Å²) < 4.78 is 10.9. The molecule has 0 radical (unpaired) electrons. The minimum Gasteiger partial charge on any atom is -0.425 e. The summed E-state index contributed by atoms with van der Waals surface area (Å²) >= 11 is 0. The maximum atomic E-state index is 5.60. The van der Waals surface area contributed by atoms with E-state index in [9.17, 15) is 0 Å². The van der Waals surface area contributed by atoms with Gasteiger partial charge in [0.15, 0.2) is 0 Å². The molecule has 18 heavy (non-hydrogen) atoms. The van der Waals surface area contributed by atoms with Gasteiger partial charge in [-0.2, -0.15) is 0 Å². The predicted molar refractivity (Wildman–Crippen MR) is 70.6 cm³/mol. The summed E-state index contributed by atoms with van der Waals surface area (Å²) in [5.74, 6) is 1.37. The summed E-state index contributed by atoms with van der Waals surface area (Å²) in [5.41, 5.74) is -0.257. The molecule has 5 nitrogen and oxygen atoms in total. The van der Waals surface area contributed by atoms with Gasteiger partial charge in [0, 0.05) is 13.5 Å². The van der Waals surface area contributed by atoms with E-state index in [0.29, 0.717) is 12.3 Å². The van der Waals surface area contributed by atoms with Crippen LogP contribution >= 0.6 is 0 Å². The minimum absolute atomic E-state index is 0.257. The van der Waals surface area contributed by atoms with Crippen LogP contribution < -0.4 is 5.32 Å². The molecule has 1 aromatic heterocycles. The Labute approximate surface area is 109 Å². The Balaban J connectivity index is 2.30. The molecule has 0 bridgehead atoms. The van der Waals surface area contributed by atoms with Gasteiger partial charge >= 0.3 is 0 Å². The van der Waals surface area contributed by atoms with Gasteiger partial charge in [-0.15, -0.1) is 10.2 Å². The monoisotopic (exact) mass is 255 g/mol. The van der Waals surface area contributed by atoms with E-state index in [-0.39, 0.29) is 5.60 Å². The number of aromatic nitrogens is 2. The van der Waals surface area contributed by atoms with E-state index in [4.69, 9.17) is 9.15 Å². The second-order valence-electron chi connectivity index (χ2n) is 5.08. The third-order valence-corrected chi connectivity index (χ3v) is 2.81. The average Bonchev–Trinajstić information content (AvgIpc) is 2.76. The lowest BCUT2D eigenvalue weighted by Gasteiger charge is -2.20. The van der Waals surface area contributed by atoms with Crippen LogP contribution in [-0.2, 0) is 17.6 Å². The lowest BCUT2D eigenvalue weighted by Crippen LogP contribution is -2.25. The Bertz CT molecular complexity index is 337. The molecule has 0 spiro atoms. The summed E-state index contributed by atoms with van der Waals surface area (Å²) in [6.07, 6.45) is 3.66. The van der Waals surface area contributed by atoms with Gasteiger partial charge in [0.1, 0.15) is 0 Å². The van der Waals surface area contributed by atoms with Crippen molar-refractivity contribution in [3.05, 3.63) is 11.8 Å². The summed E-state index contributed by atoms with van der Waals surface area (Å²) in [6.45, 7) is 8.23. The van der Waals surface area contributed by atoms with Gasteiger partial charge in [-0.25, -0.2) is 0 Å². The van der Waals surface area contributed by atoms with Gasteiger partial charge in [0.25, 0.3) is 0 Å². The van der Waals surface area contributed by atoms with Crippen LogP contribution in [-0.4, -0.2) is 36.0 Å². The molecule has 1 N–H and O–H groups in total. The zero-order valence-electron chi connectivity index (χ0n) is 12.0. The highest BCUT2D eigenvalue weighted by Crippen LogP contribution is 2.15. The van der Waals surface area contributed by atoms with E-state index in [0.717, 1.165) is 38.2 Å². The molecule has 0 atom stereocenters. The van der Waals surface area contributed by atoms with Crippen LogP contribution in [0.5, 0.6) is 0 Å². The molecule has 0 unspecified atom stereocenters. The third-order valence-electron chi connectivity index (χ3n) is 2.81. The van der Waals surface area contributed by atoms with E-state index in [1.54, 1.807) is 7.11 Å². The van der Waals surface area contributed by atoms with Crippen molar-refractivity contribution in [1.82, 2.24) is 15.5 Å². The first kappa shape index (κ1) is 15.1. The lowest BCUT2D eigenvalue weighted by atomic mass is 10.1. The van der Waals surface area contributed by atoms with Gasteiger partial charge in [0.05, 0.1) is 12.0 Å². The van der Waals surface area contributed by atoms with E-state index in [2.05, 4.69) is 22.4 Å². The molecule has 0 amide bonds. The van der Waals surface area contributed by atoms with Crippen LogP contribution in [0.25, 0.3) is 0 Å². The highest BCUT2D eigenvalue weighted by atomic mass is 16.5. The summed E-state index contributed by atoms with van der Waals surface area (Å²) in [5, 5.41) is 11.4. The highest BCUT2D eigenvalue weighted by molar-refractivity contribution is 4.88. The van der Waals surface area contributed by atoms with Crippen molar-refractivity contribution in [1.29, 1.82) is 0 Å². The fourth-order valence-electron chi connectivity index (χ4n) is 1.56. The predicted octanol–water partition coefficient (Wildman–Crippen LogP) is 1.97. The maximum absolute atomic E-state index is 5.60. The second kappa shape index (κ2) is 7.48. The molecule has 0 saturated carbocycles. The van der Waals surface area contributed by atoms with Crippen molar-refractivity contribution in [2.75, 3.05) is 20.2 Å². The Morgan fingerprint density at radius 1 is 1.22 bits per heavy atom. The normalized spacial score (nSPS) is 12.0. The van der Waals surface area contributed by atoms with Gasteiger partial charge in [0.2, 0.25) is 11.8 Å². The van der Waals surface area contributed by atoms with Crippen molar-refractivity contribution in [3.63, 3.8) is 0 Å². The molecule has 1 rings (SSSR count). The molecule has 1 heterocycles. The molecule has 0 saturated heterocycles. The van der Waals surface area contributed by atoms with Crippen LogP contribution in [0.1, 0.15) is 45.4 Å². The van der Waals surface area contributed by atoms with Gasteiger partial charge in [-0.3, -0.25) is 0 Å². The van der Waals surface area contributed by atoms with Crippen molar-refractivity contribution >= 4 is 0 Å². The molecule has 0 fully saturated rings. The van der Waals surface area contributed by atoms with Crippen LogP contribution in [0.15, 0.2) is 4.42 Å². The first-order chi connectivity index (χ1) is 8.57. The van der Waals surface area contributed by atoms with E-state index < -0.39 is 0 Å². The third kappa shape index (κ3) is 5.60. The van der Waals surface area contributed by atoms with E-state index >= 15 is 0 Å². The first-order valence-electron chi connectivity index (χ1n) is 6.64. The number of nitrogens with one attached hydrogen (secondary N) is 1. The standard InChI is InChI=1S/C13H25N3O2/c1-5-8-14-9-6-7-11-15-16-12(18-11)10-13(2,3)17-4/h14H,5-10H2,1-4H3. The molecule has 0 aliphatic rings. The Morgan fingerprint density at radius 2 is 1.94 bits per heavy atom. The maximum Gasteiger partial charge on any atom is 0.219 e. The zero-order valence-corrected chi connectivity index (χ0v) is 12.0. The van der Waals surface area contributed by atoms with Crippen LogP contribution in [0.4, 0.5) is 0 Å². The molecular formula is C13H25N3O2. The molecular weight excluding hydrogens is 230 g/mol. The SMILES string of the molecule is CCCNCCCc1nnc(CC(C)(C)OC)o1. The minimum atomic E-state index is -0.257. The smallest absolute Gasteiger partial charge is 0.219 e. The first-order valence-corrected chi connectivity index (χ1v) is 6.64. The summed E-state index contributed by atoms with van der Waals surface area (Å²) in [4.78, 5) is 0. The summed E-state index contributed by atoms with van der Waals surface area (Å²) in [7, 11) is 1.69. The van der Waals surface area contributed by atoms with Crippen LogP contribution in [0.2, 0.25) is 0 Å². The Hall–Kier alpha value is -0.940. The fraction of sp³-hybridized carbons (Fsp3) is 0.846. The molecule has 0 aliphatic heterocycles. The number of rotatable bonds is 9. The van der Waals surface area contributed by atoms with Crippen LogP contribution in [0.3, 0.4) is 0 Å². The van der Waals surface area contributed by atoms with Crippen molar-refractivity contribution in [2.24, 2.45) is 0 Å². The van der Waals surface area contributed by atoms with Crippen molar-refractivity contribution < 1.29 is 9.15 Å². The zero-order chi connectivity index (χ0) is 13.4. The van der Waals surface area contributed by atoms with Gasteiger partial charge in [-0.05, 0) is 39.8 Å². The second-order valence-corrected chi connectivity index (χ2v) is 5.08. The molecule has 0 aliphatic carbocycles. The Morgan fingerprint density at radius 3 is 2.61 bits per heavy atom. The lowest BCUT2D eigenvalue weighted by molar-refractivity contribution is 0.0179. The number of methoxy groups -OCH3 is 1. The number of hydrogen-bond donors (Lipinski definition) is 1. The topological polar surface area (TPSA) is 60.2 Å². The summed E-state index contributed by atoms with van der Waals surface area (Å²) in [6, 6.07) is 0. The Kier molecular flexibility index (Phi) is 6.29. The van der Waals surface area contributed by atoms with E-state index in [1.165, 1.54) is 0 Å². The molecule has 104 valence electrons. The largest absolute Gasteiger partial charge is 0.425 e. The van der Waals surface area contributed by atoms with Crippen LogP contribution in [0, 0.1) is 0 Å². The number of ether oxygens (including phenoxy) is 1. The molecule has 1 aromatic rings. The average molecular weight is 255 g/mol. The molecule has 0 aromatic carbocycles. The highest BCUT2D eigenvalue weighted by Gasteiger charge is 2.20. The van der Waals surface area contributed by atoms with Gasteiger partial charge in [-0.1, -0.05) is 6.92 Å². The number of aryl methyl sites for hydroxylation is 1. The number of nitrogens with zero attached hydrogens (tertiary/aromatic N) is 2. The van der Waals surface area contributed by atoms with Crippen molar-refractivity contribution in [3.8, 4) is 0 Å². The van der Waals surface area contributed by atoms with Crippen molar-refractivity contribution in [2.45, 2.75) is 52.1 Å². The fourth-order valence-corrected chi connectivity index (χ4v) is 1.56. The molecule has 5 heteroatoms. The number of hydrogen-bond acceptors (Lipinski definition) is 5.